The van der Waals surface area contributed by atoms with E-state index in [0.717, 1.165) is 4.47 Å². The van der Waals surface area contributed by atoms with Gasteiger partial charge in [0.05, 0.1) is 6.21 Å². The highest BCUT2D eigenvalue weighted by atomic mass is 79.9. The number of nitrogens with zero attached hydrogens (tertiary/aromatic N) is 4. The number of phenols is 1. The van der Waals surface area contributed by atoms with Gasteiger partial charge in [0.15, 0.2) is 12.2 Å². The van der Waals surface area contributed by atoms with Crippen LogP contribution < -0.4 is 10.7 Å². The molecule has 1 aromatic carbocycles. The Labute approximate surface area is 158 Å². The number of carbonyl (C=O) groups excluding carboxylic acids is 2. The molecule has 0 aliphatic carbocycles. The number of halogens is 1. The summed E-state index contributed by atoms with van der Waals surface area (Å²) in [7, 11) is 1.57. The maximum atomic E-state index is 12.2. The number of aliphatic imine (C=N–C) groups is 1. The monoisotopic (exact) mass is 420 g/mol. The van der Waals surface area contributed by atoms with Crippen LogP contribution in [0.2, 0.25) is 0 Å². The molecule has 10 heteroatoms. The molecule has 0 radical (unpaired) electrons. The molecule has 136 valence electrons. The Bertz CT molecular complexity index is 824. The van der Waals surface area contributed by atoms with Crippen molar-refractivity contribution >= 4 is 40.0 Å². The first-order valence-corrected chi connectivity index (χ1v) is 8.52. The van der Waals surface area contributed by atoms with Crippen LogP contribution >= 0.6 is 15.9 Å². The number of benzene rings is 1. The first-order chi connectivity index (χ1) is 12.4. The molecule has 0 aromatic heterocycles. The van der Waals surface area contributed by atoms with Crippen LogP contribution in [0, 0.1) is 0 Å². The van der Waals surface area contributed by atoms with E-state index in [2.05, 4.69) is 43.3 Å². The SMILES string of the molecule is C=CCN1C(N/N=C/c2cc(Br)ccc2O)=NC2C1C(=O)NC(=O)N2C. The summed E-state index contributed by atoms with van der Waals surface area (Å²) >= 11 is 3.33. The summed E-state index contributed by atoms with van der Waals surface area (Å²) in [6.07, 6.45) is 2.42. The van der Waals surface area contributed by atoms with Gasteiger partial charge in [0.25, 0.3) is 5.91 Å². The predicted octanol–water partition coefficient (Wildman–Crippen LogP) is 0.812. The van der Waals surface area contributed by atoms with E-state index in [-0.39, 0.29) is 5.75 Å². The van der Waals surface area contributed by atoms with Crippen LogP contribution in [0.15, 0.2) is 45.4 Å². The van der Waals surface area contributed by atoms with Crippen molar-refractivity contribution in [3.63, 3.8) is 0 Å². The number of phenolic OH excluding ortho intramolecular Hbond substituents is 1. The average Bonchev–Trinajstić information content (AvgIpc) is 2.95. The molecule has 9 nitrogen and oxygen atoms in total. The lowest BCUT2D eigenvalue weighted by atomic mass is 10.1. The molecule has 1 aromatic rings. The number of guanidine groups is 1. The van der Waals surface area contributed by atoms with E-state index >= 15 is 0 Å². The lowest BCUT2D eigenvalue weighted by Crippen LogP contribution is -2.64. The molecule has 2 aliphatic heterocycles. The largest absolute Gasteiger partial charge is 0.507 e. The Morgan fingerprint density at radius 3 is 3.00 bits per heavy atom. The molecule has 1 saturated heterocycles. The Morgan fingerprint density at radius 1 is 1.50 bits per heavy atom. The van der Waals surface area contributed by atoms with Crippen LogP contribution in [0.5, 0.6) is 5.75 Å². The summed E-state index contributed by atoms with van der Waals surface area (Å²) in [4.78, 5) is 31.5. The number of amides is 3. The predicted molar refractivity (Wildman–Crippen MR) is 99.8 cm³/mol. The van der Waals surface area contributed by atoms with Gasteiger partial charge in [-0.05, 0) is 18.2 Å². The van der Waals surface area contributed by atoms with Crippen LogP contribution in [0.1, 0.15) is 5.56 Å². The highest BCUT2D eigenvalue weighted by Gasteiger charge is 2.48. The quantitative estimate of drug-likeness (QED) is 0.379. The molecule has 0 spiro atoms. The van der Waals surface area contributed by atoms with Gasteiger partial charge in [-0.25, -0.2) is 15.2 Å². The number of imide groups is 1. The van der Waals surface area contributed by atoms with Crippen molar-refractivity contribution in [1.29, 1.82) is 0 Å². The number of hydrogen-bond donors (Lipinski definition) is 3. The third-order valence-corrected chi connectivity index (χ3v) is 4.54. The van der Waals surface area contributed by atoms with E-state index in [9.17, 15) is 14.7 Å². The summed E-state index contributed by atoms with van der Waals surface area (Å²) in [5.74, 6) is -0.00936. The zero-order valence-corrected chi connectivity index (χ0v) is 15.5. The number of urea groups is 1. The van der Waals surface area contributed by atoms with Gasteiger partial charge in [0.2, 0.25) is 5.96 Å². The average molecular weight is 421 g/mol. The molecular weight excluding hydrogens is 404 g/mol. The number of rotatable bonds is 4. The van der Waals surface area contributed by atoms with Crippen LogP contribution in [-0.2, 0) is 4.79 Å². The van der Waals surface area contributed by atoms with Gasteiger partial charge in [-0.2, -0.15) is 5.10 Å². The van der Waals surface area contributed by atoms with Crippen molar-refractivity contribution in [2.24, 2.45) is 10.1 Å². The smallest absolute Gasteiger partial charge is 0.325 e. The third-order valence-electron chi connectivity index (χ3n) is 4.04. The maximum absolute atomic E-state index is 12.2. The number of nitrogens with one attached hydrogen (secondary N) is 2. The van der Waals surface area contributed by atoms with Gasteiger partial charge >= 0.3 is 6.03 Å². The van der Waals surface area contributed by atoms with Crippen molar-refractivity contribution in [3.8, 4) is 5.75 Å². The maximum Gasteiger partial charge on any atom is 0.325 e. The van der Waals surface area contributed by atoms with E-state index in [0.29, 0.717) is 18.1 Å². The molecule has 1 fully saturated rings. The fourth-order valence-corrected chi connectivity index (χ4v) is 3.13. The highest BCUT2D eigenvalue weighted by Crippen LogP contribution is 2.23. The first kappa shape index (κ1) is 17.9. The van der Waals surface area contributed by atoms with Gasteiger partial charge < -0.3 is 14.9 Å². The normalized spacial score (nSPS) is 22.3. The van der Waals surface area contributed by atoms with Crippen molar-refractivity contribution in [2.45, 2.75) is 12.2 Å². The fourth-order valence-electron chi connectivity index (χ4n) is 2.75. The first-order valence-electron chi connectivity index (χ1n) is 7.73. The molecule has 3 N–H and O–H groups in total. The zero-order valence-electron chi connectivity index (χ0n) is 13.9. The summed E-state index contributed by atoms with van der Waals surface area (Å²) in [6.45, 7) is 4.04. The summed E-state index contributed by atoms with van der Waals surface area (Å²) in [6, 6.07) is 3.80. The summed E-state index contributed by atoms with van der Waals surface area (Å²) in [5, 5.41) is 16.2. The third kappa shape index (κ3) is 3.27. The van der Waals surface area contributed by atoms with E-state index in [1.54, 1.807) is 36.2 Å². The van der Waals surface area contributed by atoms with Crippen LogP contribution in [0.3, 0.4) is 0 Å². The van der Waals surface area contributed by atoms with Crippen molar-refractivity contribution in [2.75, 3.05) is 13.6 Å². The molecule has 2 aliphatic rings. The van der Waals surface area contributed by atoms with Gasteiger partial charge in [-0.1, -0.05) is 22.0 Å². The van der Waals surface area contributed by atoms with E-state index in [1.807, 2.05) is 0 Å². The molecule has 2 unspecified atom stereocenters. The standard InChI is InChI=1S/C16H17BrN6O3/c1-3-6-23-12-13(22(2)16(26)20-14(12)25)19-15(23)21-18-8-9-7-10(17)4-5-11(9)24/h3-5,7-8,12-13,24H,1,6H2,2H3,(H,19,21)(H,20,25,26)/b18-8+. The van der Waals surface area contributed by atoms with Gasteiger partial charge in [0, 0.05) is 23.6 Å². The molecule has 26 heavy (non-hydrogen) atoms. The molecular formula is C16H17BrN6O3. The lowest BCUT2D eigenvalue weighted by Gasteiger charge is -2.35. The van der Waals surface area contributed by atoms with E-state index in [1.165, 1.54) is 11.1 Å². The minimum absolute atomic E-state index is 0.0773. The topological polar surface area (TPSA) is 110 Å². The number of carbonyl (C=O) groups is 2. The second-order valence-electron chi connectivity index (χ2n) is 5.73. The minimum Gasteiger partial charge on any atom is -0.507 e. The molecule has 3 rings (SSSR count). The second-order valence-corrected chi connectivity index (χ2v) is 6.65. The van der Waals surface area contributed by atoms with E-state index < -0.39 is 24.1 Å². The highest BCUT2D eigenvalue weighted by molar-refractivity contribution is 9.10. The van der Waals surface area contributed by atoms with Crippen molar-refractivity contribution in [1.82, 2.24) is 20.5 Å². The second kappa shape index (κ2) is 7.16. The fraction of sp³-hybridized carbons (Fsp3) is 0.250. The van der Waals surface area contributed by atoms with Gasteiger partial charge in [-0.15, -0.1) is 6.58 Å². The number of aromatic hydroxyl groups is 1. The molecule has 2 heterocycles. The van der Waals surface area contributed by atoms with Gasteiger partial charge in [-0.3, -0.25) is 10.1 Å². The van der Waals surface area contributed by atoms with Crippen molar-refractivity contribution in [3.05, 3.63) is 40.9 Å². The van der Waals surface area contributed by atoms with Crippen LogP contribution in [-0.4, -0.2) is 64.8 Å². The van der Waals surface area contributed by atoms with Crippen LogP contribution in [0.4, 0.5) is 4.79 Å². The summed E-state index contributed by atoms with van der Waals surface area (Å²) < 4.78 is 0.797. The Balaban J connectivity index is 1.82. The van der Waals surface area contributed by atoms with Gasteiger partial charge in [0.1, 0.15) is 5.75 Å². The Hall–Kier alpha value is -2.88. The number of hydrazone groups is 1. The Kier molecular flexibility index (Phi) is 4.94. The molecule has 0 saturated carbocycles. The zero-order chi connectivity index (χ0) is 18.8. The number of hydrogen-bond acceptors (Lipinski definition) is 7. The van der Waals surface area contributed by atoms with E-state index in [4.69, 9.17) is 0 Å². The number of fused-ring (bicyclic) bond motifs is 1. The van der Waals surface area contributed by atoms with Crippen LogP contribution in [0.25, 0.3) is 0 Å². The number of likely N-dealkylation sites (N-methyl/N-ethyl adjacent to an activating group) is 1. The lowest BCUT2D eigenvalue weighted by molar-refractivity contribution is -0.126. The molecule has 0 bridgehead atoms. The molecule has 3 amide bonds. The summed E-state index contributed by atoms with van der Waals surface area (Å²) in [5.41, 5.74) is 3.28. The molecule has 2 atom stereocenters. The minimum atomic E-state index is -0.660. The Morgan fingerprint density at radius 2 is 2.27 bits per heavy atom. The van der Waals surface area contributed by atoms with Crippen molar-refractivity contribution < 1.29 is 14.7 Å².